The van der Waals surface area contributed by atoms with Crippen molar-refractivity contribution >= 4 is 55.7 Å². The third-order valence-electron chi connectivity index (χ3n) is 16.5. The summed E-state index contributed by atoms with van der Waals surface area (Å²) in [7, 11) is 0. The molecule has 2 heteroatoms. The highest BCUT2D eigenvalue weighted by Gasteiger charge is 2.53. The highest BCUT2D eigenvalue weighted by molar-refractivity contribution is 6.19. The first kappa shape index (κ1) is 48.3. The number of hydrogen-bond acceptors (Lipinski definition) is 2. The van der Waals surface area contributed by atoms with E-state index in [1.54, 1.807) is 0 Å². The quantitative estimate of drug-likeness (QED) is 0.164. The zero-order valence-electron chi connectivity index (χ0n) is 46.0. The summed E-state index contributed by atoms with van der Waals surface area (Å²) in [5.41, 5.74) is 22.0. The van der Waals surface area contributed by atoms with Crippen molar-refractivity contribution in [3.63, 3.8) is 0 Å². The molecule has 2 aliphatic carbocycles. The van der Waals surface area contributed by atoms with Gasteiger partial charge < -0.3 is 9.80 Å². The van der Waals surface area contributed by atoms with Crippen molar-refractivity contribution < 1.29 is 0 Å². The van der Waals surface area contributed by atoms with Gasteiger partial charge in [-0.2, -0.15) is 0 Å². The van der Waals surface area contributed by atoms with E-state index >= 15 is 0 Å². The van der Waals surface area contributed by atoms with E-state index < -0.39 is 5.41 Å². The molecule has 75 heavy (non-hydrogen) atoms. The molecule has 0 fully saturated rings. The molecule has 0 heterocycles. The van der Waals surface area contributed by atoms with Crippen LogP contribution in [0.4, 0.5) is 34.1 Å². The molecule has 12 rings (SSSR count). The number of hydrogen-bond donors (Lipinski definition) is 0. The molecule has 0 atom stereocenters. The van der Waals surface area contributed by atoms with Gasteiger partial charge in [-0.25, -0.2) is 0 Å². The summed E-state index contributed by atoms with van der Waals surface area (Å²) in [6.07, 6.45) is 0. The zero-order chi connectivity index (χ0) is 52.4. The van der Waals surface area contributed by atoms with Crippen LogP contribution in [0.3, 0.4) is 0 Å². The predicted molar refractivity (Wildman–Crippen MR) is 322 cm³/mol. The molecule has 372 valence electrons. The number of benzene rings is 10. The fraction of sp³-hybridized carbons (Fsp3) is 0.233. The van der Waals surface area contributed by atoms with Crippen LogP contribution in [-0.4, -0.2) is 0 Å². The number of anilines is 6. The molecular formula is C73H70N2. The monoisotopic (exact) mass is 975 g/mol. The first-order valence-electron chi connectivity index (χ1n) is 27.1. The van der Waals surface area contributed by atoms with E-state index in [2.05, 4.69) is 299 Å². The fourth-order valence-corrected chi connectivity index (χ4v) is 12.5. The van der Waals surface area contributed by atoms with E-state index in [0.717, 1.165) is 34.1 Å². The van der Waals surface area contributed by atoms with Gasteiger partial charge in [-0.3, -0.25) is 0 Å². The molecule has 2 nitrogen and oxygen atoms in total. The third kappa shape index (κ3) is 7.74. The zero-order valence-corrected chi connectivity index (χ0v) is 46.0. The third-order valence-corrected chi connectivity index (χ3v) is 16.5. The Labute approximate surface area is 446 Å². The van der Waals surface area contributed by atoms with Gasteiger partial charge in [-0.1, -0.05) is 229 Å². The van der Waals surface area contributed by atoms with Crippen LogP contribution in [0.5, 0.6) is 0 Å². The van der Waals surface area contributed by atoms with Crippen LogP contribution in [0.1, 0.15) is 128 Å². The predicted octanol–water partition coefficient (Wildman–Crippen LogP) is 20.5. The Balaban J connectivity index is 1.21. The average molecular weight is 975 g/mol. The molecule has 10 aromatic rings. The highest BCUT2D eigenvalue weighted by Crippen LogP contribution is 2.67. The van der Waals surface area contributed by atoms with E-state index in [1.165, 1.54) is 88.3 Å². The maximum atomic E-state index is 2.59. The summed E-state index contributed by atoms with van der Waals surface area (Å²) < 4.78 is 0. The maximum absolute atomic E-state index is 2.59. The average Bonchev–Trinajstić information content (AvgIpc) is 4.02. The molecule has 0 saturated heterocycles. The number of nitrogens with zero attached hydrogens (tertiary/aromatic N) is 2. The van der Waals surface area contributed by atoms with Crippen molar-refractivity contribution in [3.05, 3.63) is 251 Å². The minimum Gasteiger partial charge on any atom is -0.310 e. The molecule has 10 aromatic carbocycles. The maximum Gasteiger partial charge on any atom is 0.0727 e. The van der Waals surface area contributed by atoms with Crippen molar-refractivity contribution in [1.82, 2.24) is 0 Å². The lowest BCUT2D eigenvalue weighted by molar-refractivity contribution is 0.590. The molecule has 0 N–H and O–H groups in total. The van der Waals surface area contributed by atoms with Crippen molar-refractivity contribution in [2.75, 3.05) is 9.80 Å². The van der Waals surface area contributed by atoms with Crippen LogP contribution in [-0.2, 0) is 27.1 Å². The Morgan fingerprint density at radius 1 is 0.267 bits per heavy atom. The van der Waals surface area contributed by atoms with Gasteiger partial charge in [-0.05, 0) is 160 Å². The first-order valence-corrected chi connectivity index (χ1v) is 27.1. The Morgan fingerprint density at radius 3 is 0.800 bits per heavy atom. The second-order valence-corrected chi connectivity index (χ2v) is 25.4. The van der Waals surface area contributed by atoms with Gasteiger partial charge in [0.1, 0.15) is 0 Å². The van der Waals surface area contributed by atoms with Gasteiger partial charge in [0.2, 0.25) is 0 Å². The van der Waals surface area contributed by atoms with Crippen LogP contribution >= 0.6 is 0 Å². The summed E-state index contributed by atoms with van der Waals surface area (Å²) in [6, 6.07) is 79.4. The van der Waals surface area contributed by atoms with Crippen LogP contribution < -0.4 is 9.80 Å². The molecule has 0 radical (unpaired) electrons. The smallest absolute Gasteiger partial charge is 0.0727 e. The lowest BCUT2D eigenvalue weighted by atomic mass is 9.70. The molecule has 0 bridgehead atoms. The molecule has 0 saturated carbocycles. The summed E-state index contributed by atoms with van der Waals surface area (Å²) >= 11 is 0. The van der Waals surface area contributed by atoms with E-state index in [-0.39, 0.29) is 21.7 Å². The van der Waals surface area contributed by atoms with Gasteiger partial charge in [0.05, 0.1) is 16.8 Å². The second kappa shape index (κ2) is 17.2. The van der Waals surface area contributed by atoms with E-state index in [0.29, 0.717) is 0 Å². The number of rotatable bonds is 6. The molecule has 0 unspecified atom stereocenters. The lowest BCUT2D eigenvalue weighted by Crippen LogP contribution is -2.27. The summed E-state index contributed by atoms with van der Waals surface area (Å²) in [5, 5.41) is 4.92. The Hall–Kier alpha value is -7.68. The van der Waals surface area contributed by atoms with Crippen molar-refractivity contribution in [2.24, 2.45) is 0 Å². The van der Waals surface area contributed by atoms with Gasteiger partial charge in [-0.15, -0.1) is 0 Å². The van der Waals surface area contributed by atoms with Gasteiger partial charge in [0.25, 0.3) is 0 Å². The highest BCUT2D eigenvalue weighted by atomic mass is 15.2. The minimum absolute atomic E-state index is 0.0162. The molecule has 0 aromatic heterocycles. The SMILES string of the molecule is CC(C)(C)c1ccc(N(c2ccc(C(C)(C)C)cc2)c2cc3c(c4ccccc24)-c2c(cc(N(c4ccc(C(C)(C)C)cc4)c4ccc(C(C)(C)C)cc4)c4ccccc24)C32c3ccccc3-c3ccccc32)cc1. The van der Waals surface area contributed by atoms with E-state index in [1.807, 2.05) is 0 Å². The molecule has 0 aliphatic heterocycles. The van der Waals surface area contributed by atoms with Crippen LogP contribution in [0.15, 0.2) is 206 Å². The molecule has 1 spiro atoms. The molecular weight excluding hydrogens is 905 g/mol. The summed E-state index contributed by atoms with van der Waals surface area (Å²) in [6.45, 7) is 27.6. The Morgan fingerprint density at radius 2 is 0.520 bits per heavy atom. The Bertz CT molecular complexity index is 3460. The summed E-state index contributed by atoms with van der Waals surface area (Å²) in [5.74, 6) is 0. The van der Waals surface area contributed by atoms with E-state index in [9.17, 15) is 0 Å². The standard InChI is InChI=1S/C73H70N2/c1-69(2,3)47-29-37-51(38-30-47)74(52-39-31-48(32-40-52)70(4,5)6)65-45-63-67(59-25-15-13-23-57(59)65)68-60-26-16-14-24-58(60)66(46-64(68)73(63)61-27-19-17-21-55(61)56-22-18-20-28-62(56)73)75(53-41-33-49(34-42-53)71(7,8)9)54-43-35-50(36-44-54)72(10,11)12/h13-46H,1-12H3. The van der Waals surface area contributed by atoms with Crippen LogP contribution in [0.2, 0.25) is 0 Å². The molecule has 2 aliphatic rings. The normalized spacial score (nSPS) is 13.7. The van der Waals surface area contributed by atoms with Crippen molar-refractivity contribution in [2.45, 2.75) is 110 Å². The van der Waals surface area contributed by atoms with Crippen molar-refractivity contribution in [1.29, 1.82) is 0 Å². The Kier molecular flexibility index (Phi) is 11.1. The summed E-state index contributed by atoms with van der Waals surface area (Å²) in [4.78, 5) is 5.05. The fourth-order valence-electron chi connectivity index (χ4n) is 12.5. The van der Waals surface area contributed by atoms with Gasteiger partial charge in [0, 0.05) is 33.5 Å². The van der Waals surface area contributed by atoms with Crippen LogP contribution in [0.25, 0.3) is 43.8 Å². The van der Waals surface area contributed by atoms with E-state index in [4.69, 9.17) is 0 Å². The largest absolute Gasteiger partial charge is 0.310 e. The van der Waals surface area contributed by atoms with Crippen molar-refractivity contribution in [3.8, 4) is 22.3 Å². The molecule has 0 amide bonds. The lowest BCUT2D eigenvalue weighted by Gasteiger charge is -2.34. The van der Waals surface area contributed by atoms with Gasteiger partial charge >= 0.3 is 0 Å². The van der Waals surface area contributed by atoms with Gasteiger partial charge in [0.15, 0.2) is 0 Å². The topological polar surface area (TPSA) is 6.48 Å². The second-order valence-electron chi connectivity index (χ2n) is 25.4. The first-order chi connectivity index (χ1) is 35.7. The van der Waals surface area contributed by atoms with Crippen LogP contribution in [0, 0.1) is 0 Å². The minimum atomic E-state index is -0.662. The number of fused-ring (bicyclic) bond motifs is 14.